The van der Waals surface area contributed by atoms with Gasteiger partial charge in [0.1, 0.15) is 0 Å². The zero-order valence-electron chi connectivity index (χ0n) is 12.3. The second-order valence-corrected chi connectivity index (χ2v) is 5.61. The minimum Gasteiger partial charge on any atom is -0.309 e. The molecule has 0 atom stereocenters. The van der Waals surface area contributed by atoms with Crippen LogP contribution in [0.5, 0.6) is 0 Å². The summed E-state index contributed by atoms with van der Waals surface area (Å²) >= 11 is 0. The zero-order chi connectivity index (χ0) is 14.1. The van der Waals surface area contributed by atoms with Gasteiger partial charge in [0.05, 0.1) is 0 Å². The van der Waals surface area contributed by atoms with Crippen molar-refractivity contribution in [3.05, 3.63) is 59.8 Å². The van der Waals surface area contributed by atoms with Crippen molar-refractivity contribution >= 4 is 6.21 Å². The Labute approximate surface area is 117 Å². The van der Waals surface area contributed by atoms with Crippen LogP contribution in [0.4, 0.5) is 0 Å². The van der Waals surface area contributed by atoms with E-state index in [1.807, 2.05) is 24.3 Å². The molecule has 0 unspecified atom stereocenters. The lowest BCUT2D eigenvalue weighted by Gasteiger charge is -2.32. The van der Waals surface area contributed by atoms with E-state index in [-0.39, 0.29) is 0 Å². The minimum absolute atomic E-state index is 0.315. The fraction of sp³-hybridized carbons (Fsp3) is 0.389. The molecule has 0 aliphatic heterocycles. The van der Waals surface area contributed by atoms with E-state index in [0.717, 1.165) is 0 Å². The Bertz CT molecular complexity index is 442. The first-order valence-corrected chi connectivity index (χ1v) is 6.95. The van der Waals surface area contributed by atoms with Gasteiger partial charge >= 0.3 is 0 Å². The Morgan fingerprint density at radius 1 is 0.947 bits per heavy atom. The van der Waals surface area contributed by atoms with E-state index in [9.17, 15) is 0 Å². The van der Waals surface area contributed by atoms with Gasteiger partial charge in [-0.3, -0.25) is 0 Å². The lowest BCUT2D eigenvalue weighted by molar-refractivity contribution is 0.377. The molecule has 0 saturated heterocycles. The fourth-order valence-corrected chi connectivity index (χ4v) is 2.54. The second kappa shape index (κ2) is 7.73. The van der Waals surface area contributed by atoms with Crippen molar-refractivity contribution in [3.8, 4) is 0 Å². The maximum atomic E-state index is 6.84. The summed E-state index contributed by atoms with van der Waals surface area (Å²) in [5.41, 5.74) is 3.34. The van der Waals surface area contributed by atoms with Gasteiger partial charge in [0.25, 0.3) is 0 Å². The average Bonchev–Trinajstić information content (AvgIpc) is 2.35. The van der Waals surface area contributed by atoms with Crippen LogP contribution in [0.3, 0.4) is 0 Å². The number of hydrogen-bond donors (Lipinski definition) is 1. The summed E-state index contributed by atoms with van der Waals surface area (Å²) in [4.78, 5) is 0. The lowest BCUT2D eigenvalue weighted by Crippen LogP contribution is -2.18. The molecule has 0 heterocycles. The monoisotopic (exact) mass is 255 g/mol. The van der Waals surface area contributed by atoms with Gasteiger partial charge in [-0.05, 0) is 43.3 Å². The molecule has 0 aromatic rings. The summed E-state index contributed by atoms with van der Waals surface area (Å²) in [6.07, 6.45) is 21.0. The largest absolute Gasteiger partial charge is 0.309 e. The smallest absolute Gasteiger partial charge is 0.0177 e. The molecule has 1 heteroatoms. The molecule has 1 aliphatic carbocycles. The molecule has 0 fully saturated rings. The van der Waals surface area contributed by atoms with Crippen LogP contribution in [0, 0.1) is 10.8 Å². The van der Waals surface area contributed by atoms with Crippen LogP contribution in [-0.4, -0.2) is 6.21 Å². The summed E-state index contributed by atoms with van der Waals surface area (Å²) in [6.45, 7) is 6.93. The first-order chi connectivity index (χ1) is 9.08. The molecule has 0 radical (unpaired) electrons. The van der Waals surface area contributed by atoms with Gasteiger partial charge in [0, 0.05) is 6.21 Å². The molecule has 0 bridgehead atoms. The summed E-state index contributed by atoms with van der Waals surface area (Å²) in [5.74, 6) is 0. The molecule has 102 valence electrons. The van der Waals surface area contributed by atoms with Crippen molar-refractivity contribution in [2.75, 3.05) is 0 Å². The molecule has 1 rings (SSSR count). The summed E-state index contributed by atoms with van der Waals surface area (Å²) in [6, 6.07) is 0. The van der Waals surface area contributed by atoms with E-state index in [1.54, 1.807) is 6.08 Å². The van der Waals surface area contributed by atoms with E-state index in [0.29, 0.717) is 5.41 Å². The van der Waals surface area contributed by atoms with E-state index >= 15 is 0 Å². The van der Waals surface area contributed by atoms with E-state index < -0.39 is 0 Å². The Morgan fingerprint density at radius 3 is 2.11 bits per heavy atom. The highest BCUT2D eigenvalue weighted by atomic mass is 14.3. The third-order valence-corrected chi connectivity index (χ3v) is 3.57. The number of rotatable bonds is 5. The van der Waals surface area contributed by atoms with Crippen LogP contribution >= 0.6 is 0 Å². The lowest BCUT2D eigenvalue weighted by atomic mass is 9.73. The molecule has 1 N–H and O–H groups in total. The number of hydrogen-bond acceptors (Lipinski definition) is 1. The first-order valence-electron chi connectivity index (χ1n) is 6.95. The van der Waals surface area contributed by atoms with Gasteiger partial charge in [-0.25, -0.2) is 0 Å². The Hall–Kier alpha value is -1.63. The van der Waals surface area contributed by atoms with E-state index in [4.69, 9.17) is 5.41 Å². The Kier molecular flexibility index (Phi) is 6.27. The Morgan fingerprint density at radius 2 is 1.53 bits per heavy atom. The summed E-state index contributed by atoms with van der Waals surface area (Å²) < 4.78 is 0. The van der Waals surface area contributed by atoms with Crippen LogP contribution in [0.2, 0.25) is 0 Å². The van der Waals surface area contributed by atoms with Crippen molar-refractivity contribution in [3.63, 3.8) is 0 Å². The van der Waals surface area contributed by atoms with Crippen LogP contribution in [0.1, 0.15) is 40.0 Å². The maximum Gasteiger partial charge on any atom is 0.0177 e. The predicted octanol–water partition coefficient (Wildman–Crippen LogP) is 5.39. The predicted molar refractivity (Wildman–Crippen MR) is 85.7 cm³/mol. The van der Waals surface area contributed by atoms with Gasteiger partial charge in [0.2, 0.25) is 0 Å². The highest BCUT2D eigenvalue weighted by Gasteiger charge is 2.26. The van der Waals surface area contributed by atoms with Crippen molar-refractivity contribution < 1.29 is 0 Å². The molecule has 1 aliphatic rings. The standard InChI is InChI=1S/C18H25N/c1-16-12-11-14-18(2,3)17(16)13-9-7-5-4-6-8-10-15-19/h4-10,13,15,19H,11-12,14H2,1-3H3/b6-4-,7-5+,10-8+,13-9+,19-15?. The van der Waals surface area contributed by atoms with Crippen LogP contribution in [0.15, 0.2) is 59.8 Å². The van der Waals surface area contributed by atoms with Crippen molar-refractivity contribution in [1.29, 1.82) is 5.41 Å². The maximum absolute atomic E-state index is 6.84. The quantitative estimate of drug-likeness (QED) is 0.503. The molecule has 0 amide bonds. The van der Waals surface area contributed by atoms with Crippen LogP contribution in [-0.2, 0) is 0 Å². The van der Waals surface area contributed by atoms with Gasteiger partial charge < -0.3 is 5.41 Å². The SMILES string of the molecule is CC1=C(/C=C/C=C/C=C\C=C\C=N)C(C)(C)CCC1. The number of nitrogens with one attached hydrogen (secondary N) is 1. The highest BCUT2D eigenvalue weighted by molar-refractivity contribution is 5.68. The van der Waals surface area contributed by atoms with Gasteiger partial charge in [-0.15, -0.1) is 0 Å². The normalized spacial score (nSPS) is 20.4. The second-order valence-electron chi connectivity index (χ2n) is 5.61. The topological polar surface area (TPSA) is 23.9 Å². The van der Waals surface area contributed by atoms with Gasteiger partial charge in [-0.2, -0.15) is 0 Å². The third kappa shape index (κ3) is 5.25. The van der Waals surface area contributed by atoms with E-state index in [2.05, 4.69) is 39.0 Å². The molecule has 0 aromatic heterocycles. The van der Waals surface area contributed by atoms with Gasteiger partial charge in [-0.1, -0.05) is 62.0 Å². The molecule has 0 aromatic carbocycles. The van der Waals surface area contributed by atoms with Crippen molar-refractivity contribution in [1.82, 2.24) is 0 Å². The average molecular weight is 255 g/mol. The van der Waals surface area contributed by atoms with Crippen LogP contribution in [0.25, 0.3) is 0 Å². The molecular formula is C18H25N. The van der Waals surface area contributed by atoms with Crippen molar-refractivity contribution in [2.24, 2.45) is 5.41 Å². The molecular weight excluding hydrogens is 230 g/mol. The van der Waals surface area contributed by atoms with E-state index in [1.165, 1.54) is 36.6 Å². The molecule has 1 nitrogen and oxygen atoms in total. The molecule has 19 heavy (non-hydrogen) atoms. The fourth-order valence-electron chi connectivity index (χ4n) is 2.54. The van der Waals surface area contributed by atoms with Crippen molar-refractivity contribution in [2.45, 2.75) is 40.0 Å². The van der Waals surface area contributed by atoms with Crippen LogP contribution < -0.4 is 0 Å². The molecule has 0 spiro atoms. The third-order valence-electron chi connectivity index (χ3n) is 3.57. The highest BCUT2D eigenvalue weighted by Crippen LogP contribution is 2.40. The first kappa shape index (κ1) is 15.4. The Balaban J connectivity index is 2.61. The summed E-state index contributed by atoms with van der Waals surface area (Å²) in [5, 5.41) is 6.84. The zero-order valence-corrected chi connectivity index (χ0v) is 12.3. The minimum atomic E-state index is 0.315. The number of allylic oxidation sites excluding steroid dienone is 10. The molecule has 0 saturated carbocycles. The summed E-state index contributed by atoms with van der Waals surface area (Å²) in [7, 11) is 0. The van der Waals surface area contributed by atoms with Gasteiger partial charge in [0.15, 0.2) is 0 Å².